The third-order valence-corrected chi connectivity index (χ3v) is 8.64. The average Bonchev–Trinajstić information content (AvgIpc) is 3.74. The average molecular weight is 580 g/mol. The second-order valence-corrected chi connectivity index (χ2v) is 11.2. The number of furan rings is 1. The molecular formula is C31H25N5O5S. The molecule has 42 heavy (non-hydrogen) atoms. The van der Waals surface area contributed by atoms with Gasteiger partial charge in [0.15, 0.2) is 11.3 Å². The maximum atomic E-state index is 13.6. The van der Waals surface area contributed by atoms with Gasteiger partial charge in [-0.2, -0.15) is 0 Å². The summed E-state index contributed by atoms with van der Waals surface area (Å²) in [5.41, 5.74) is 3.22. The lowest BCUT2D eigenvalue weighted by molar-refractivity contribution is -0.125. The van der Waals surface area contributed by atoms with Crippen molar-refractivity contribution in [2.45, 2.75) is 19.4 Å². The van der Waals surface area contributed by atoms with Gasteiger partial charge in [-0.15, -0.1) is 11.3 Å². The molecule has 1 saturated heterocycles. The Labute approximate surface area is 244 Å². The zero-order chi connectivity index (χ0) is 29.0. The fourth-order valence-corrected chi connectivity index (χ4v) is 6.58. The number of benzene rings is 2. The van der Waals surface area contributed by atoms with Crippen LogP contribution in [0.5, 0.6) is 11.5 Å². The van der Waals surface area contributed by atoms with Crippen molar-refractivity contribution in [2.75, 3.05) is 23.3 Å². The molecule has 1 atom stereocenters. The monoisotopic (exact) mass is 579 g/mol. The highest BCUT2D eigenvalue weighted by molar-refractivity contribution is 7.21. The van der Waals surface area contributed by atoms with Crippen molar-refractivity contribution < 1.29 is 23.5 Å². The molecule has 0 aliphatic carbocycles. The minimum atomic E-state index is -0.386. The second kappa shape index (κ2) is 10.0. The number of para-hydroxylation sites is 1. The minimum Gasteiger partial charge on any atom is -0.460 e. The lowest BCUT2D eigenvalue weighted by Gasteiger charge is -2.29. The maximum Gasteiger partial charge on any atom is 0.331 e. The molecule has 0 saturated carbocycles. The van der Waals surface area contributed by atoms with Crippen LogP contribution in [0.25, 0.3) is 21.2 Å². The van der Waals surface area contributed by atoms with E-state index in [-0.39, 0.29) is 23.9 Å². The molecule has 2 aliphatic heterocycles. The number of rotatable bonds is 6. The van der Waals surface area contributed by atoms with Gasteiger partial charge in [0, 0.05) is 30.7 Å². The van der Waals surface area contributed by atoms with E-state index >= 15 is 0 Å². The predicted molar refractivity (Wildman–Crippen MR) is 161 cm³/mol. The van der Waals surface area contributed by atoms with Crippen LogP contribution in [0.3, 0.4) is 0 Å². The number of carbonyl (C=O) groups is 3. The van der Waals surface area contributed by atoms with Crippen molar-refractivity contribution in [2.24, 2.45) is 0 Å². The highest BCUT2D eigenvalue weighted by atomic mass is 32.1. The predicted octanol–water partition coefficient (Wildman–Crippen LogP) is 6.34. The van der Waals surface area contributed by atoms with E-state index in [1.807, 2.05) is 43.3 Å². The molecule has 10 nitrogen and oxygen atoms in total. The van der Waals surface area contributed by atoms with Crippen molar-refractivity contribution in [3.8, 4) is 11.5 Å². The van der Waals surface area contributed by atoms with Gasteiger partial charge in [0.05, 0.1) is 28.7 Å². The number of amides is 4. The smallest absolute Gasteiger partial charge is 0.331 e. The normalized spacial score (nSPS) is 16.1. The number of hydrogen-bond acceptors (Lipinski definition) is 7. The van der Waals surface area contributed by atoms with E-state index in [9.17, 15) is 14.4 Å². The number of aryl methyl sites for hydroxylation is 1. The molecule has 1 fully saturated rings. The van der Waals surface area contributed by atoms with Crippen molar-refractivity contribution in [3.63, 3.8) is 0 Å². The van der Waals surface area contributed by atoms with Crippen molar-refractivity contribution in [3.05, 3.63) is 84.1 Å². The highest BCUT2D eigenvalue weighted by Gasteiger charge is 2.34. The number of nitrogens with one attached hydrogen (secondary N) is 2. The number of ether oxygens (including phenoxy) is 1. The van der Waals surface area contributed by atoms with Crippen LogP contribution >= 0.6 is 11.3 Å². The number of pyridine rings is 1. The number of nitrogens with zero attached hydrogens (tertiary/aromatic N) is 3. The van der Waals surface area contributed by atoms with E-state index < -0.39 is 0 Å². The van der Waals surface area contributed by atoms with Gasteiger partial charge in [0.25, 0.3) is 5.91 Å². The number of anilines is 3. The molecule has 0 spiro atoms. The molecule has 0 bridgehead atoms. The lowest BCUT2D eigenvalue weighted by atomic mass is 10.1. The van der Waals surface area contributed by atoms with Crippen LogP contribution in [0.4, 0.5) is 21.9 Å². The Morgan fingerprint density at radius 2 is 2.10 bits per heavy atom. The summed E-state index contributed by atoms with van der Waals surface area (Å²) >= 11 is 1.22. The first-order valence-corrected chi connectivity index (χ1v) is 14.2. The van der Waals surface area contributed by atoms with E-state index in [0.717, 1.165) is 10.9 Å². The summed E-state index contributed by atoms with van der Waals surface area (Å²) in [7, 11) is 0. The van der Waals surface area contributed by atoms with Crippen LogP contribution in [0.1, 0.15) is 21.7 Å². The van der Waals surface area contributed by atoms with Gasteiger partial charge in [-0.25, -0.2) is 9.78 Å². The maximum absolute atomic E-state index is 13.6. The first kappa shape index (κ1) is 25.8. The first-order valence-electron chi connectivity index (χ1n) is 13.4. The lowest BCUT2D eigenvalue weighted by Crippen LogP contribution is -2.39. The van der Waals surface area contributed by atoms with Crippen LogP contribution in [-0.2, 0) is 4.79 Å². The molecule has 2 aromatic carbocycles. The molecular weight excluding hydrogens is 554 g/mol. The van der Waals surface area contributed by atoms with Gasteiger partial charge in [0.1, 0.15) is 15.5 Å². The Kier molecular flexibility index (Phi) is 6.16. The van der Waals surface area contributed by atoms with Crippen LogP contribution < -0.4 is 20.3 Å². The summed E-state index contributed by atoms with van der Waals surface area (Å²) in [6.45, 7) is 6.40. The van der Waals surface area contributed by atoms with Gasteiger partial charge in [-0.3, -0.25) is 14.5 Å². The molecule has 5 aromatic rings. The van der Waals surface area contributed by atoms with E-state index in [2.05, 4.69) is 22.2 Å². The van der Waals surface area contributed by atoms with Gasteiger partial charge in [0.2, 0.25) is 5.91 Å². The van der Waals surface area contributed by atoms with Gasteiger partial charge in [-0.05, 0) is 61.4 Å². The van der Waals surface area contributed by atoms with Crippen molar-refractivity contribution >= 4 is 67.4 Å². The Hall–Kier alpha value is -5.16. The van der Waals surface area contributed by atoms with Gasteiger partial charge < -0.3 is 24.7 Å². The van der Waals surface area contributed by atoms with Gasteiger partial charge in [-0.1, -0.05) is 18.7 Å². The standard InChI is InChI=1S/C31H25N5O5S/c1-3-24(37)35-13-10-19(16-35)33-29(38)28-26-25-22(9-12-32-30(25)42-28)36(31(39)34-26)21-8-7-20(15-17(21)2)41-23-6-4-5-18-11-14-40-27(18)23/h3-9,11-12,14-15,19H,1,10,13,16H2,2H3,(H,33,38)(H,34,39)/t19-/m1/s1. The largest absolute Gasteiger partial charge is 0.460 e. The molecule has 3 aromatic heterocycles. The number of thiophene rings is 1. The molecule has 2 aliphatic rings. The molecule has 0 radical (unpaired) electrons. The van der Waals surface area contributed by atoms with Crippen LogP contribution in [0.2, 0.25) is 0 Å². The SMILES string of the molecule is C=CC(=O)N1CC[C@@H](NC(=O)c2sc3nccc4c3c2NC(=O)N4c2ccc(Oc3cccc4ccoc34)cc2C)C1. The number of urea groups is 1. The quantitative estimate of drug-likeness (QED) is 0.227. The zero-order valence-electron chi connectivity index (χ0n) is 22.5. The molecule has 11 heteroatoms. The topological polar surface area (TPSA) is 117 Å². The molecule has 210 valence electrons. The second-order valence-electron chi connectivity index (χ2n) is 10.2. The summed E-state index contributed by atoms with van der Waals surface area (Å²) in [5.74, 6) is 0.736. The third-order valence-electron chi connectivity index (χ3n) is 7.54. The number of aromatic nitrogens is 1. The molecule has 2 N–H and O–H groups in total. The number of fused-ring (bicyclic) bond motifs is 1. The van der Waals surface area contributed by atoms with Crippen molar-refractivity contribution in [1.82, 2.24) is 15.2 Å². The molecule has 7 rings (SSSR count). The van der Waals surface area contributed by atoms with Crippen LogP contribution in [0, 0.1) is 6.92 Å². The Balaban J connectivity index is 1.18. The Bertz CT molecular complexity index is 1930. The molecule has 5 heterocycles. The van der Waals surface area contributed by atoms with Crippen LogP contribution in [0.15, 0.2) is 78.1 Å². The molecule has 0 unspecified atom stereocenters. The summed E-state index contributed by atoms with van der Waals surface area (Å²) in [4.78, 5) is 47.6. The summed E-state index contributed by atoms with van der Waals surface area (Å²) in [6.07, 6.45) is 5.18. The van der Waals surface area contributed by atoms with E-state index in [0.29, 0.717) is 68.7 Å². The molecule has 4 amide bonds. The number of likely N-dealkylation sites (tertiary alicyclic amines) is 1. The highest BCUT2D eigenvalue weighted by Crippen LogP contribution is 2.46. The number of hydrogen-bond donors (Lipinski definition) is 2. The Morgan fingerprint density at radius 3 is 2.93 bits per heavy atom. The third kappa shape index (κ3) is 4.25. The summed E-state index contributed by atoms with van der Waals surface area (Å²) < 4.78 is 11.7. The minimum absolute atomic E-state index is 0.158. The van der Waals surface area contributed by atoms with E-state index in [4.69, 9.17) is 9.15 Å². The van der Waals surface area contributed by atoms with Crippen LogP contribution in [-0.4, -0.2) is 46.9 Å². The zero-order valence-corrected chi connectivity index (χ0v) is 23.4. The van der Waals surface area contributed by atoms with E-state index in [1.165, 1.54) is 17.4 Å². The van der Waals surface area contributed by atoms with Gasteiger partial charge >= 0.3 is 6.03 Å². The number of carbonyl (C=O) groups excluding carboxylic acids is 3. The van der Waals surface area contributed by atoms with E-state index in [1.54, 1.807) is 34.4 Å². The van der Waals surface area contributed by atoms with Crippen molar-refractivity contribution in [1.29, 1.82) is 0 Å². The summed E-state index contributed by atoms with van der Waals surface area (Å²) in [5, 5.41) is 7.60. The fraction of sp³-hybridized carbons (Fsp3) is 0.161. The summed E-state index contributed by atoms with van der Waals surface area (Å²) in [6, 6.07) is 14.3. The first-order chi connectivity index (χ1) is 20.4. The Morgan fingerprint density at radius 1 is 1.21 bits per heavy atom. The fourth-order valence-electron chi connectivity index (χ4n) is 5.56.